The molecule has 3 nitrogen and oxygen atoms in total. The second-order valence-corrected chi connectivity index (χ2v) is 3.51. The molecule has 0 fully saturated rings. The average molecular weight is 212 g/mol. The zero-order chi connectivity index (χ0) is 11.0. The van der Waals surface area contributed by atoms with E-state index in [9.17, 15) is 4.79 Å². The highest BCUT2D eigenvalue weighted by molar-refractivity contribution is 5.72. The molecule has 0 saturated heterocycles. The van der Waals surface area contributed by atoms with Crippen molar-refractivity contribution in [3.05, 3.63) is 48.5 Å². The van der Waals surface area contributed by atoms with Gasteiger partial charge in [-0.05, 0) is 35.4 Å². The molecule has 3 heteroatoms. The summed E-state index contributed by atoms with van der Waals surface area (Å²) in [5.74, 6) is 0.976. The Bertz CT molecular complexity index is 543. The van der Waals surface area contributed by atoms with Gasteiger partial charge >= 0.3 is 6.16 Å². The lowest BCUT2D eigenvalue weighted by atomic mass is 10.1. The van der Waals surface area contributed by atoms with Crippen molar-refractivity contribution in [3.8, 4) is 22.6 Å². The molecule has 4 rings (SSSR count). The molecular weight excluding hydrogens is 204 g/mol. The van der Waals surface area contributed by atoms with Crippen LogP contribution in [0.2, 0.25) is 0 Å². The molecule has 2 aromatic rings. The maximum absolute atomic E-state index is 11.4. The van der Waals surface area contributed by atoms with Gasteiger partial charge in [0.2, 0.25) is 0 Å². The molecule has 4 bridgehead atoms. The van der Waals surface area contributed by atoms with Gasteiger partial charge in [0.25, 0.3) is 0 Å². The summed E-state index contributed by atoms with van der Waals surface area (Å²) in [4.78, 5) is 11.4. The number of rotatable bonds is 0. The summed E-state index contributed by atoms with van der Waals surface area (Å²) >= 11 is 0. The van der Waals surface area contributed by atoms with E-state index in [1.165, 1.54) is 0 Å². The van der Waals surface area contributed by atoms with Crippen LogP contribution in [-0.2, 0) is 0 Å². The van der Waals surface area contributed by atoms with Crippen molar-refractivity contribution in [2.75, 3.05) is 0 Å². The summed E-state index contributed by atoms with van der Waals surface area (Å²) in [5, 5.41) is 0. The smallest absolute Gasteiger partial charge is 0.395 e. The van der Waals surface area contributed by atoms with Gasteiger partial charge in [-0.3, -0.25) is 0 Å². The predicted octanol–water partition coefficient (Wildman–Crippen LogP) is 3.24. The third-order valence-electron chi connectivity index (χ3n) is 2.42. The van der Waals surface area contributed by atoms with Gasteiger partial charge in [-0.25, -0.2) is 4.79 Å². The molecule has 2 aromatic carbocycles. The summed E-state index contributed by atoms with van der Waals surface area (Å²) in [6.07, 6.45) is -0.716. The van der Waals surface area contributed by atoms with Gasteiger partial charge in [-0.1, -0.05) is 24.3 Å². The van der Waals surface area contributed by atoms with Crippen molar-refractivity contribution in [2.24, 2.45) is 0 Å². The Labute approximate surface area is 92.2 Å². The molecule has 0 aliphatic carbocycles. The summed E-state index contributed by atoms with van der Waals surface area (Å²) in [6.45, 7) is 0. The first-order valence-electron chi connectivity index (χ1n) is 4.91. The fourth-order valence-corrected chi connectivity index (χ4v) is 1.67. The molecular formula is C13H8O3. The van der Waals surface area contributed by atoms with Crippen LogP contribution in [0.25, 0.3) is 11.1 Å². The Hall–Kier alpha value is -2.29. The maximum Gasteiger partial charge on any atom is 0.519 e. The van der Waals surface area contributed by atoms with Crippen LogP contribution in [0.3, 0.4) is 0 Å². The van der Waals surface area contributed by atoms with Crippen LogP contribution < -0.4 is 9.47 Å². The molecule has 0 atom stereocenters. The predicted molar refractivity (Wildman–Crippen MR) is 58.5 cm³/mol. The van der Waals surface area contributed by atoms with Crippen molar-refractivity contribution in [2.45, 2.75) is 0 Å². The largest absolute Gasteiger partial charge is 0.519 e. The lowest BCUT2D eigenvalue weighted by Gasteiger charge is -2.10. The van der Waals surface area contributed by atoms with E-state index < -0.39 is 6.16 Å². The zero-order valence-electron chi connectivity index (χ0n) is 8.34. The number of hydrogen-bond donors (Lipinski definition) is 0. The van der Waals surface area contributed by atoms with Crippen LogP contribution in [0, 0.1) is 0 Å². The van der Waals surface area contributed by atoms with E-state index in [1.807, 2.05) is 30.3 Å². The van der Waals surface area contributed by atoms with E-state index in [4.69, 9.17) is 9.47 Å². The Morgan fingerprint density at radius 1 is 0.750 bits per heavy atom. The Morgan fingerprint density at radius 3 is 2.31 bits per heavy atom. The third kappa shape index (κ3) is 1.52. The normalized spacial score (nSPS) is 12.9. The minimum Gasteiger partial charge on any atom is -0.395 e. The molecule has 0 saturated carbocycles. The van der Waals surface area contributed by atoms with Gasteiger partial charge < -0.3 is 9.47 Å². The van der Waals surface area contributed by atoms with E-state index in [1.54, 1.807) is 18.2 Å². The second kappa shape index (κ2) is 3.38. The number of carbonyl (C=O) groups excluding carboxylic acids is 1. The van der Waals surface area contributed by atoms with E-state index in [0.717, 1.165) is 11.1 Å². The SMILES string of the molecule is O=C1Oc2ccc(cc2)-c2cccc(c2)O1. The van der Waals surface area contributed by atoms with Crippen molar-refractivity contribution >= 4 is 6.16 Å². The van der Waals surface area contributed by atoms with Gasteiger partial charge in [0.15, 0.2) is 0 Å². The lowest BCUT2D eigenvalue weighted by Crippen LogP contribution is -2.14. The monoisotopic (exact) mass is 212 g/mol. The minimum atomic E-state index is -0.716. The molecule has 0 N–H and O–H groups in total. The highest BCUT2D eigenvalue weighted by Crippen LogP contribution is 2.27. The first-order valence-corrected chi connectivity index (χ1v) is 4.91. The summed E-state index contributed by atoms with van der Waals surface area (Å²) in [7, 11) is 0. The van der Waals surface area contributed by atoms with Gasteiger partial charge in [-0.2, -0.15) is 0 Å². The number of fused-ring (bicyclic) bond motifs is 4. The van der Waals surface area contributed by atoms with E-state index in [2.05, 4.69) is 0 Å². The molecule has 0 amide bonds. The molecule has 2 heterocycles. The lowest BCUT2D eigenvalue weighted by molar-refractivity contribution is 0.152. The standard InChI is InChI=1S/C13H8O3/c14-13-15-11-6-4-9(5-7-11)10-2-1-3-12(8-10)16-13/h1-8H. The zero-order valence-corrected chi connectivity index (χ0v) is 8.34. The van der Waals surface area contributed by atoms with Crippen molar-refractivity contribution < 1.29 is 14.3 Å². The van der Waals surface area contributed by atoms with Crippen LogP contribution in [0.5, 0.6) is 11.5 Å². The molecule has 0 radical (unpaired) electrons. The fourth-order valence-electron chi connectivity index (χ4n) is 1.67. The van der Waals surface area contributed by atoms with E-state index >= 15 is 0 Å². The van der Waals surface area contributed by atoms with Gasteiger partial charge in [-0.15, -0.1) is 0 Å². The maximum atomic E-state index is 11.4. The van der Waals surface area contributed by atoms with Crippen LogP contribution in [-0.4, -0.2) is 6.16 Å². The van der Waals surface area contributed by atoms with Crippen LogP contribution in [0.4, 0.5) is 4.79 Å². The van der Waals surface area contributed by atoms with Gasteiger partial charge in [0.05, 0.1) is 0 Å². The molecule has 0 unspecified atom stereocenters. The van der Waals surface area contributed by atoms with E-state index in [-0.39, 0.29) is 0 Å². The van der Waals surface area contributed by atoms with Crippen molar-refractivity contribution in [1.29, 1.82) is 0 Å². The van der Waals surface area contributed by atoms with Crippen LogP contribution in [0.15, 0.2) is 48.5 Å². The minimum absolute atomic E-state index is 0.485. The number of ether oxygens (including phenoxy) is 2. The molecule has 2 aliphatic heterocycles. The van der Waals surface area contributed by atoms with Gasteiger partial charge in [0.1, 0.15) is 11.5 Å². The van der Waals surface area contributed by atoms with E-state index in [0.29, 0.717) is 11.5 Å². The number of benzene rings is 2. The molecule has 16 heavy (non-hydrogen) atoms. The summed E-state index contributed by atoms with van der Waals surface area (Å²) < 4.78 is 10.0. The van der Waals surface area contributed by atoms with Crippen LogP contribution in [0.1, 0.15) is 0 Å². The number of carbonyl (C=O) groups is 1. The third-order valence-corrected chi connectivity index (χ3v) is 2.42. The Balaban J connectivity index is 2.22. The highest BCUT2D eigenvalue weighted by Gasteiger charge is 2.11. The topological polar surface area (TPSA) is 35.5 Å². The fraction of sp³-hybridized carbons (Fsp3) is 0. The Kier molecular flexibility index (Phi) is 1.90. The average Bonchev–Trinajstić information content (AvgIpc) is 2.29. The van der Waals surface area contributed by atoms with Crippen LogP contribution >= 0.6 is 0 Å². The summed E-state index contributed by atoms with van der Waals surface area (Å²) in [5.41, 5.74) is 2.07. The Morgan fingerprint density at radius 2 is 1.50 bits per heavy atom. The highest BCUT2D eigenvalue weighted by atomic mass is 16.7. The summed E-state index contributed by atoms with van der Waals surface area (Å²) in [6, 6.07) is 14.6. The van der Waals surface area contributed by atoms with Crippen molar-refractivity contribution in [3.63, 3.8) is 0 Å². The molecule has 0 spiro atoms. The molecule has 78 valence electrons. The number of hydrogen-bond acceptors (Lipinski definition) is 3. The first-order chi connectivity index (χ1) is 7.81. The molecule has 0 aromatic heterocycles. The second-order valence-electron chi connectivity index (χ2n) is 3.51. The molecule has 2 aliphatic rings. The quantitative estimate of drug-likeness (QED) is 0.496. The first kappa shape index (κ1) is 8.97. The van der Waals surface area contributed by atoms with Crippen molar-refractivity contribution in [1.82, 2.24) is 0 Å². The van der Waals surface area contributed by atoms with Gasteiger partial charge in [0, 0.05) is 0 Å².